The van der Waals surface area contributed by atoms with E-state index < -0.39 is 0 Å². The Bertz CT molecular complexity index is 1390. The first-order valence-electron chi connectivity index (χ1n) is 13.8. The molecule has 1 unspecified atom stereocenters. The highest BCUT2D eigenvalue weighted by atomic mass is 15.2. The fourth-order valence-electron chi connectivity index (χ4n) is 5.01. The molecule has 194 valence electrons. The largest absolute Gasteiger partial charge is 0.335 e. The Morgan fingerprint density at radius 1 is 0.718 bits per heavy atom. The molecule has 1 atom stereocenters. The topological polar surface area (TPSA) is 6.48 Å². The molecule has 39 heavy (non-hydrogen) atoms. The number of hydrogen-bond acceptors (Lipinski definition) is 2. The smallest absolute Gasteiger partial charge is 0.0559 e. The molecule has 0 radical (unpaired) electrons. The van der Waals surface area contributed by atoms with Crippen LogP contribution in [0.4, 0.5) is 22.7 Å². The van der Waals surface area contributed by atoms with Crippen LogP contribution in [0.1, 0.15) is 26.2 Å². The van der Waals surface area contributed by atoms with Gasteiger partial charge in [0.2, 0.25) is 0 Å². The van der Waals surface area contributed by atoms with Crippen LogP contribution in [0.5, 0.6) is 0 Å². The van der Waals surface area contributed by atoms with E-state index in [4.69, 9.17) is 0 Å². The Balaban J connectivity index is 1.40. The lowest BCUT2D eigenvalue weighted by molar-refractivity contribution is 0.763. The predicted molar refractivity (Wildman–Crippen MR) is 169 cm³/mol. The molecule has 0 heterocycles. The van der Waals surface area contributed by atoms with Crippen molar-refractivity contribution < 1.29 is 0 Å². The van der Waals surface area contributed by atoms with Crippen molar-refractivity contribution >= 4 is 22.7 Å². The fourth-order valence-corrected chi connectivity index (χ4v) is 5.01. The Morgan fingerprint density at radius 2 is 1.26 bits per heavy atom. The first-order valence-corrected chi connectivity index (χ1v) is 13.8. The van der Waals surface area contributed by atoms with E-state index in [1.54, 1.807) is 0 Å². The molecular formula is C37H36N2. The maximum Gasteiger partial charge on any atom is 0.0559 e. The molecule has 1 aliphatic carbocycles. The van der Waals surface area contributed by atoms with E-state index in [0.29, 0.717) is 0 Å². The van der Waals surface area contributed by atoms with Gasteiger partial charge in [-0.2, -0.15) is 0 Å². The summed E-state index contributed by atoms with van der Waals surface area (Å²) in [4.78, 5) is 4.63. The number of para-hydroxylation sites is 2. The van der Waals surface area contributed by atoms with Gasteiger partial charge in [-0.1, -0.05) is 111 Å². The van der Waals surface area contributed by atoms with E-state index in [1.807, 2.05) is 0 Å². The van der Waals surface area contributed by atoms with Crippen LogP contribution in [0.2, 0.25) is 0 Å². The zero-order valence-corrected chi connectivity index (χ0v) is 22.7. The van der Waals surface area contributed by atoms with Gasteiger partial charge < -0.3 is 9.80 Å². The molecule has 0 saturated carbocycles. The van der Waals surface area contributed by atoms with E-state index in [9.17, 15) is 0 Å². The van der Waals surface area contributed by atoms with Crippen molar-refractivity contribution in [2.75, 3.05) is 9.80 Å². The van der Waals surface area contributed by atoms with Crippen LogP contribution in [-0.4, -0.2) is 6.04 Å². The van der Waals surface area contributed by atoms with Crippen LogP contribution in [0.25, 0.3) is 11.1 Å². The Kier molecular flexibility index (Phi) is 8.55. The molecule has 0 aromatic heterocycles. The zero-order chi connectivity index (χ0) is 26.9. The molecular weight excluding hydrogens is 472 g/mol. The van der Waals surface area contributed by atoms with Crippen LogP contribution >= 0.6 is 0 Å². The highest BCUT2D eigenvalue weighted by Crippen LogP contribution is 2.36. The second kappa shape index (κ2) is 12.8. The van der Waals surface area contributed by atoms with Gasteiger partial charge in [-0.3, -0.25) is 0 Å². The van der Waals surface area contributed by atoms with Crippen molar-refractivity contribution in [3.05, 3.63) is 158 Å². The SMILES string of the molecule is C=C(/C=C\CCC)N(c1ccc(-c2ccc(N(c3ccccc3)c3ccccc3)cc2)cc1)C1C=CC=CC1. The van der Waals surface area contributed by atoms with E-state index in [0.717, 1.165) is 47.7 Å². The third-order valence-electron chi connectivity index (χ3n) is 7.00. The molecule has 4 aromatic carbocycles. The third kappa shape index (κ3) is 6.30. The van der Waals surface area contributed by atoms with Crippen LogP contribution in [0.15, 0.2) is 158 Å². The van der Waals surface area contributed by atoms with Gasteiger partial charge in [0, 0.05) is 28.4 Å². The second-order valence-corrected chi connectivity index (χ2v) is 9.77. The summed E-state index contributed by atoms with van der Waals surface area (Å²) in [5, 5.41) is 0. The molecule has 0 fully saturated rings. The molecule has 2 nitrogen and oxygen atoms in total. The number of allylic oxidation sites excluding steroid dienone is 4. The standard InChI is InChI=1S/C37H36N2/c1-3-4-8-15-30(2)38(33-16-9-5-10-17-33)36-26-22-31(23-27-36)32-24-28-37(29-25-32)39(34-18-11-6-12-19-34)35-20-13-7-14-21-35/h5-16,18-29,33H,2-4,17H2,1H3/b15-8-. The van der Waals surface area contributed by atoms with Crippen molar-refractivity contribution in [1.82, 2.24) is 0 Å². The van der Waals surface area contributed by atoms with Crippen molar-refractivity contribution in [3.8, 4) is 11.1 Å². The first kappa shape index (κ1) is 26.1. The summed E-state index contributed by atoms with van der Waals surface area (Å²) in [6.45, 7) is 6.61. The molecule has 4 aromatic rings. The average Bonchev–Trinajstić information content (AvgIpc) is 3.00. The zero-order valence-electron chi connectivity index (χ0n) is 22.7. The molecule has 0 N–H and O–H groups in total. The number of unbranched alkanes of at least 4 members (excludes halogenated alkanes) is 1. The van der Waals surface area contributed by atoms with Gasteiger partial charge in [0.05, 0.1) is 6.04 Å². The quantitative estimate of drug-likeness (QED) is 0.197. The van der Waals surface area contributed by atoms with Gasteiger partial charge in [0.25, 0.3) is 0 Å². The Hall–Kier alpha value is -4.56. The van der Waals surface area contributed by atoms with Gasteiger partial charge in [0.15, 0.2) is 0 Å². The summed E-state index contributed by atoms with van der Waals surface area (Å²) in [5.41, 5.74) is 7.98. The van der Waals surface area contributed by atoms with Gasteiger partial charge in [-0.05, 0) is 78.6 Å². The molecule has 0 saturated heterocycles. The lowest BCUT2D eigenvalue weighted by atomic mass is 10.0. The van der Waals surface area contributed by atoms with Crippen LogP contribution in [0, 0.1) is 0 Å². The fraction of sp³-hybridized carbons (Fsp3) is 0.135. The average molecular weight is 509 g/mol. The first-order chi connectivity index (χ1) is 19.2. The van der Waals surface area contributed by atoms with Gasteiger partial charge >= 0.3 is 0 Å². The summed E-state index contributed by atoms with van der Waals surface area (Å²) < 4.78 is 0. The summed E-state index contributed by atoms with van der Waals surface area (Å²) in [6.07, 6.45) is 16.3. The maximum atomic E-state index is 4.41. The second-order valence-electron chi connectivity index (χ2n) is 9.77. The van der Waals surface area contributed by atoms with E-state index in [-0.39, 0.29) is 6.04 Å². The molecule has 0 bridgehead atoms. The number of anilines is 4. The van der Waals surface area contributed by atoms with E-state index in [1.165, 1.54) is 11.1 Å². The summed E-state index contributed by atoms with van der Waals surface area (Å²) >= 11 is 0. The Morgan fingerprint density at radius 3 is 1.77 bits per heavy atom. The summed E-state index contributed by atoms with van der Waals surface area (Å²) in [5.74, 6) is 0. The third-order valence-corrected chi connectivity index (χ3v) is 7.00. The van der Waals surface area contributed by atoms with Crippen molar-refractivity contribution in [3.63, 3.8) is 0 Å². The molecule has 0 amide bonds. The maximum absolute atomic E-state index is 4.41. The van der Waals surface area contributed by atoms with Crippen molar-refractivity contribution in [2.45, 2.75) is 32.2 Å². The minimum absolute atomic E-state index is 0.265. The van der Waals surface area contributed by atoms with Crippen LogP contribution < -0.4 is 9.80 Å². The Labute approximate surface area is 233 Å². The lowest BCUT2D eigenvalue weighted by Gasteiger charge is -2.33. The number of hydrogen-bond donors (Lipinski definition) is 0. The minimum Gasteiger partial charge on any atom is -0.335 e. The molecule has 5 rings (SSSR count). The van der Waals surface area contributed by atoms with E-state index in [2.05, 4.69) is 169 Å². The molecule has 0 spiro atoms. The van der Waals surface area contributed by atoms with Crippen LogP contribution in [-0.2, 0) is 0 Å². The number of rotatable bonds is 10. The van der Waals surface area contributed by atoms with Gasteiger partial charge in [-0.25, -0.2) is 0 Å². The highest BCUT2D eigenvalue weighted by molar-refractivity contribution is 5.78. The normalized spacial score (nSPS) is 14.4. The van der Waals surface area contributed by atoms with Crippen molar-refractivity contribution in [1.29, 1.82) is 0 Å². The van der Waals surface area contributed by atoms with Gasteiger partial charge in [0.1, 0.15) is 0 Å². The molecule has 0 aliphatic heterocycles. The molecule has 1 aliphatic rings. The van der Waals surface area contributed by atoms with Crippen molar-refractivity contribution in [2.24, 2.45) is 0 Å². The lowest BCUT2D eigenvalue weighted by Crippen LogP contribution is -2.32. The minimum atomic E-state index is 0.265. The number of nitrogens with zero attached hydrogens (tertiary/aromatic N) is 2. The summed E-state index contributed by atoms with van der Waals surface area (Å²) in [7, 11) is 0. The highest BCUT2D eigenvalue weighted by Gasteiger charge is 2.19. The van der Waals surface area contributed by atoms with E-state index >= 15 is 0 Å². The predicted octanol–water partition coefficient (Wildman–Crippen LogP) is 10.4. The van der Waals surface area contributed by atoms with Crippen LogP contribution in [0.3, 0.4) is 0 Å². The monoisotopic (exact) mass is 508 g/mol. The number of benzene rings is 4. The summed E-state index contributed by atoms with van der Waals surface area (Å²) in [6, 6.07) is 39.0. The van der Waals surface area contributed by atoms with Gasteiger partial charge in [-0.15, -0.1) is 0 Å². The molecule has 2 heteroatoms.